The zero-order chi connectivity index (χ0) is 9.10. The van der Waals surface area contributed by atoms with Crippen molar-refractivity contribution in [3.8, 4) is 0 Å². The molecule has 0 aromatic heterocycles. The fraction of sp³-hybridized carbons (Fsp3) is 0.917. The van der Waals surface area contributed by atoms with Crippen LogP contribution in [-0.2, 0) is 0 Å². The Bertz CT molecular complexity index is 141. The zero-order valence-electron chi connectivity index (χ0n) is 8.47. The first-order chi connectivity index (χ1) is 6.36. The van der Waals surface area contributed by atoms with Crippen LogP contribution < -0.4 is 0 Å². The number of rotatable bonds is 1. The lowest BCUT2D eigenvalue weighted by Gasteiger charge is -2.33. The van der Waals surface area contributed by atoms with Crippen LogP contribution in [0.4, 0.5) is 0 Å². The predicted molar refractivity (Wildman–Crippen MR) is 54.3 cm³/mol. The summed E-state index contributed by atoms with van der Waals surface area (Å²) in [7, 11) is 0. The summed E-state index contributed by atoms with van der Waals surface area (Å²) in [5.74, 6) is 2.71. The summed E-state index contributed by atoms with van der Waals surface area (Å²) < 4.78 is 0. The predicted octanol–water partition coefficient (Wildman–Crippen LogP) is 3.08. The molecule has 0 unspecified atom stereocenters. The largest absolute Gasteiger partial charge is 0.393 e. The minimum absolute atomic E-state index is 0.0143. The molecule has 0 amide bonds. The molecule has 1 nitrogen and oxygen atoms in total. The van der Waals surface area contributed by atoms with Gasteiger partial charge in [-0.3, -0.25) is 0 Å². The Balaban J connectivity index is 1.79. The molecule has 2 saturated carbocycles. The molecule has 2 aliphatic carbocycles. The topological polar surface area (TPSA) is 20.2 Å². The minimum Gasteiger partial charge on any atom is -0.393 e. The summed E-state index contributed by atoms with van der Waals surface area (Å²) in [5, 5.41) is 9.42. The molecule has 0 heterocycles. The van der Waals surface area contributed by atoms with Gasteiger partial charge in [-0.25, -0.2) is 0 Å². The summed E-state index contributed by atoms with van der Waals surface area (Å²) in [6.07, 6.45) is 11.7. The standard InChI is InChI=1S/C12H21O/c13-12-8-6-11(7-9-12)10-4-2-1-3-5-10/h11-13H,1-9H2. The van der Waals surface area contributed by atoms with E-state index < -0.39 is 0 Å². The zero-order valence-corrected chi connectivity index (χ0v) is 8.47. The lowest BCUT2D eigenvalue weighted by Crippen LogP contribution is -2.24. The van der Waals surface area contributed by atoms with Gasteiger partial charge in [-0.05, 0) is 50.4 Å². The quantitative estimate of drug-likeness (QED) is 0.659. The van der Waals surface area contributed by atoms with Gasteiger partial charge in [-0.1, -0.05) is 19.3 Å². The SMILES string of the molecule is OC1CCC([C]2CCCCC2)CC1. The molecule has 0 atom stereocenters. The average molecular weight is 181 g/mol. The molecule has 2 fully saturated rings. The van der Waals surface area contributed by atoms with E-state index in [4.69, 9.17) is 0 Å². The Morgan fingerprint density at radius 2 is 1.46 bits per heavy atom. The molecule has 13 heavy (non-hydrogen) atoms. The van der Waals surface area contributed by atoms with Crippen LogP contribution in [0, 0.1) is 11.8 Å². The minimum atomic E-state index is 0.0143. The highest BCUT2D eigenvalue weighted by molar-refractivity contribution is 5.00. The van der Waals surface area contributed by atoms with Crippen LogP contribution in [0.5, 0.6) is 0 Å². The number of hydrogen-bond acceptors (Lipinski definition) is 1. The van der Waals surface area contributed by atoms with Gasteiger partial charge in [0.05, 0.1) is 6.10 Å². The second kappa shape index (κ2) is 4.45. The molecule has 75 valence electrons. The fourth-order valence-corrected chi connectivity index (χ4v) is 2.90. The molecule has 2 aliphatic rings. The van der Waals surface area contributed by atoms with E-state index in [0.717, 1.165) is 18.8 Å². The molecule has 0 spiro atoms. The third-order valence-electron chi connectivity index (χ3n) is 3.77. The van der Waals surface area contributed by atoms with Gasteiger partial charge < -0.3 is 5.11 Å². The van der Waals surface area contributed by atoms with Gasteiger partial charge in [0.2, 0.25) is 0 Å². The van der Waals surface area contributed by atoms with Crippen molar-refractivity contribution in [1.82, 2.24) is 0 Å². The first-order valence-electron chi connectivity index (χ1n) is 5.89. The van der Waals surface area contributed by atoms with Gasteiger partial charge >= 0.3 is 0 Å². The number of aliphatic hydroxyl groups is 1. The summed E-state index contributed by atoms with van der Waals surface area (Å²) in [5.41, 5.74) is 0. The molecule has 1 N–H and O–H groups in total. The van der Waals surface area contributed by atoms with Crippen LogP contribution in [0.1, 0.15) is 57.8 Å². The molecule has 0 saturated heterocycles. The van der Waals surface area contributed by atoms with Gasteiger partial charge in [-0.2, -0.15) is 0 Å². The third-order valence-corrected chi connectivity index (χ3v) is 3.77. The van der Waals surface area contributed by atoms with Gasteiger partial charge in [0.15, 0.2) is 0 Å². The first-order valence-corrected chi connectivity index (χ1v) is 5.89. The van der Waals surface area contributed by atoms with E-state index in [1.165, 1.54) is 44.9 Å². The number of hydrogen-bond donors (Lipinski definition) is 1. The maximum Gasteiger partial charge on any atom is 0.0540 e. The molecule has 0 aliphatic heterocycles. The normalized spacial score (nSPS) is 37.6. The van der Waals surface area contributed by atoms with Crippen molar-refractivity contribution in [3.05, 3.63) is 5.92 Å². The second-order valence-corrected chi connectivity index (χ2v) is 4.72. The van der Waals surface area contributed by atoms with Crippen molar-refractivity contribution in [2.75, 3.05) is 0 Å². The molecule has 2 rings (SSSR count). The van der Waals surface area contributed by atoms with E-state index in [1.807, 2.05) is 5.92 Å². The smallest absolute Gasteiger partial charge is 0.0540 e. The van der Waals surface area contributed by atoms with Crippen LogP contribution >= 0.6 is 0 Å². The first kappa shape index (κ1) is 9.51. The van der Waals surface area contributed by atoms with Crippen molar-refractivity contribution >= 4 is 0 Å². The van der Waals surface area contributed by atoms with Crippen molar-refractivity contribution in [2.45, 2.75) is 63.9 Å². The van der Waals surface area contributed by atoms with E-state index in [0.29, 0.717) is 0 Å². The highest BCUT2D eigenvalue weighted by Crippen LogP contribution is 2.39. The van der Waals surface area contributed by atoms with Crippen LogP contribution in [0.25, 0.3) is 0 Å². The van der Waals surface area contributed by atoms with E-state index in [1.54, 1.807) is 0 Å². The van der Waals surface area contributed by atoms with Crippen LogP contribution in [-0.4, -0.2) is 11.2 Å². The Kier molecular flexibility index (Phi) is 3.26. The maximum absolute atomic E-state index is 9.42. The van der Waals surface area contributed by atoms with Gasteiger partial charge in [0.1, 0.15) is 0 Å². The molecular weight excluding hydrogens is 160 g/mol. The van der Waals surface area contributed by atoms with Crippen molar-refractivity contribution in [2.24, 2.45) is 5.92 Å². The van der Waals surface area contributed by atoms with E-state index >= 15 is 0 Å². The monoisotopic (exact) mass is 181 g/mol. The molecule has 0 bridgehead atoms. The molecule has 0 aromatic carbocycles. The van der Waals surface area contributed by atoms with E-state index in [2.05, 4.69) is 0 Å². The lowest BCUT2D eigenvalue weighted by molar-refractivity contribution is 0.108. The maximum atomic E-state index is 9.42. The Morgan fingerprint density at radius 3 is 2.08 bits per heavy atom. The molecule has 0 aromatic rings. The van der Waals surface area contributed by atoms with Gasteiger partial charge in [0, 0.05) is 0 Å². The van der Waals surface area contributed by atoms with Gasteiger partial charge in [-0.15, -0.1) is 0 Å². The fourth-order valence-electron chi connectivity index (χ4n) is 2.90. The summed E-state index contributed by atoms with van der Waals surface area (Å²) in [6.45, 7) is 0. The van der Waals surface area contributed by atoms with Crippen LogP contribution in [0.15, 0.2) is 0 Å². The van der Waals surface area contributed by atoms with Crippen molar-refractivity contribution in [3.63, 3.8) is 0 Å². The number of aliphatic hydroxyl groups excluding tert-OH is 1. The molecular formula is C12H21O. The average Bonchev–Trinajstić information content (AvgIpc) is 2.20. The Labute approximate surface area is 81.5 Å². The summed E-state index contributed by atoms with van der Waals surface area (Å²) in [4.78, 5) is 0. The van der Waals surface area contributed by atoms with Crippen molar-refractivity contribution < 1.29 is 5.11 Å². The van der Waals surface area contributed by atoms with Gasteiger partial charge in [0.25, 0.3) is 0 Å². The Morgan fingerprint density at radius 1 is 0.846 bits per heavy atom. The van der Waals surface area contributed by atoms with Crippen molar-refractivity contribution in [1.29, 1.82) is 0 Å². The highest BCUT2D eigenvalue weighted by atomic mass is 16.3. The Hall–Kier alpha value is -0.0400. The van der Waals surface area contributed by atoms with Crippen LogP contribution in [0.3, 0.4) is 0 Å². The summed E-state index contributed by atoms with van der Waals surface area (Å²) >= 11 is 0. The highest BCUT2D eigenvalue weighted by Gasteiger charge is 2.27. The molecule has 1 radical (unpaired) electrons. The van der Waals surface area contributed by atoms with Crippen LogP contribution in [0.2, 0.25) is 0 Å². The molecule has 1 heteroatoms. The second-order valence-electron chi connectivity index (χ2n) is 4.72. The third kappa shape index (κ3) is 2.46. The lowest BCUT2D eigenvalue weighted by atomic mass is 9.73. The van der Waals surface area contributed by atoms with E-state index in [-0.39, 0.29) is 6.10 Å². The summed E-state index contributed by atoms with van der Waals surface area (Å²) in [6, 6.07) is 0. The van der Waals surface area contributed by atoms with E-state index in [9.17, 15) is 5.11 Å².